The van der Waals surface area contributed by atoms with Gasteiger partial charge in [-0.3, -0.25) is 19.4 Å². The van der Waals surface area contributed by atoms with E-state index in [1.807, 2.05) is 6.07 Å². The summed E-state index contributed by atoms with van der Waals surface area (Å²) in [5.74, 6) is -0.252. The summed E-state index contributed by atoms with van der Waals surface area (Å²) >= 11 is 0. The number of benzene rings is 1. The maximum Gasteiger partial charge on any atom is 0.306 e. The molecule has 2 aliphatic rings. The highest BCUT2D eigenvalue weighted by Gasteiger charge is 2.33. The summed E-state index contributed by atoms with van der Waals surface area (Å²) in [6.07, 6.45) is 3.81. The number of aliphatic imine (C=N–C) groups is 1. The fourth-order valence-corrected chi connectivity index (χ4v) is 6.82. The zero-order chi connectivity index (χ0) is 30.7. The highest BCUT2D eigenvalue weighted by atomic mass is 32.2. The summed E-state index contributed by atoms with van der Waals surface area (Å²) in [6, 6.07) is 4.25. The number of nitrogens with two attached hydrogens (primary N) is 2. The number of nitrogens with one attached hydrogen (secondary N) is 3. The SMILES string of the molecule is COC(=O)CCC(=O)NCCC1CCN(C(=O)[C@H](CCCN=C(N)N)NS(=O)(=O)c2cccc3c2NCC(C)C3)CC1. The zero-order valence-electron chi connectivity index (χ0n) is 24.6. The van der Waals surface area contributed by atoms with Crippen molar-refractivity contribution in [2.45, 2.75) is 69.2 Å². The number of guanidine groups is 1. The summed E-state index contributed by atoms with van der Waals surface area (Å²) in [5, 5.41) is 6.08. The van der Waals surface area contributed by atoms with E-state index in [1.54, 1.807) is 17.0 Å². The Balaban J connectivity index is 1.60. The van der Waals surface area contributed by atoms with Crippen LogP contribution in [0, 0.1) is 11.8 Å². The lowest BCUT2D eigenvalue weighted by molar-refractivity contribution is -0.142. The number of sulfonamides is 1. The molecule has 0 bridgehead atoms. The number of para-hydroxylation sites is 1. The molecule has 0 aromatic heterocycles. The van der Waals surface area contributed by atoms with Crippen LogP contribution in [0.2, 0.25) is 0 Å². The molecule has 2 aliphatic heterocycles. The van der Waals surface area contributed by atoms with Crippen molar-refractivity contribution in [3.05, 3.63) is 23.8 Å². The molecule has 1 aromatic carbocycles. The van der Waals surface area contributed by atoms with Crippen molar-refractivity contribution in [3.8, 4) is 0 Å². The molecule has 14 heteroatoms. The van der Waals surface area contributed by atoms with Crippen molar-refractivity contribution >= 4 is 39.5 Å². The molecule has 7 N–H and O–H groups in total. The Hall–Kier alpha value is -3.39. The Morgan fingerprint density at radius 2 is 1.93 bits per heavy atom. The summed E-state index contributed by atoms with van der Waals surface area (Å²) in [6.45, 7) is 4.53. The van der Waals surface area contributed by atoms with E-state index < -0.39 is 22.0 Å². The van der Waals surface area contributed by atoms with Crippen molar-refractivity contribution in [3.63, 3.8) is 0 Å². The lowest BCUT2D eigenvalue weighted by Gasteiger charge is -2.34. The predicted molar refractivity (Wildman–Crippen MR) is 160 cm³/mol. The van der Waals surface area contributed by atoms with Crippen LogP contribution < -0.4 is 26.8 Å². The largest absolute Gasteiger partial charge is 0.469 e. The third-order valence-corrected chi connectivity index (χ3v) is 9.24. The summed E-state index contributed by atoms with van der Waals surface area (Å²) in [5.41, 5.74) is 12.4. The quantitative estimate of drug-likeness (QED) is 0.0874. The van der Waals surface area contributed by atoms with E-state index in [1.165, 1.54) is 7.11 Å². The number of carbonyl (C=O) groups is 3. The van der Waals surface area contributed by atoms with Gasteiger partial charge in [0.25, 0.3) is 0 Å². The van der Waals surface area contributed by atoms with Crippen LogP contribution in [0.5, 0.6) is 0 Å². The number of amides is 2. The fourth-order valence-electron chi connectivity index (χ4n) is 5.37. The van der Waals surface area contributed by atoms with Crippen molar-refractivity contribution in [2.75, 3.05) is 45.2 Å². The van der Waals surface area contributed by atoms with Crippen LogP contribution in [-0.4, -0.2) is 82.9 Å². The van der Waals surface area contributed by atoms with Crippen molar-refractivity contribution in [1.29, 1.82) is 0 Å². The Morgan fingerprint density at radius 1 is 1.19 bits per heavy atom. The van der Waals surface area contributed by atoms with Gasteiger partial charge in [0, 0.05) is 39.1 Å². The number of piperidine rings is 1. The zero-order valence-corrected chi connectivity index (χ0v) is 25.4. The summed E-state index contributed by atoms with van der Waals surface area (Å²) < 4.78 is 34.4. The molecule has 2 heterocycles. The van der Waals surface area contributed by atoms with Gasteiger partial charge >= 0.3 is 5.97 Å². The minimum Gasteiger partial charge on any atom is -0.469 e. The molecule has 1 saturated heterocycles. The number of ether oxygens (including phenoxy) is 1. The lowest BCUT2D eigenvalue weighted by atomic mass is 9.93. The average molecular weight is 608 g/mol. The molecule has 13 nitrogen and oxygen atoms in total. The topological polar surface area (TPSA) is 198 Å². The van der Waals surface area contributed by atoms with Crippen LogP contribution in [0.4, 0.5) is 5.69 Å². The number of likely N-dealkylation sites (tertiary alicyclic amines) is 1. The molecule has 2 amide bonds. The molecule has 1 aromatic rings. The molecule has 0 saturated carbocycles. The minimum atomic E-state index is -4.01. The molecule has 234 valence electrons. The first-order valence-electron chi connectivity index (χ1n) is 14.6. The smallest absolute Gasteiger partial charge is 0.306 e. The number of fused-ring (bicyclic) bond motifs is 1. The minimum absolute atomic E-state index is 0.0438. The number of anilines is 1. The molecule has 3 rings (SSSR count). The van der Waals surface area contributed by atoms with Crippen LogP contribution >= 0.6 is 0 Å². The van der Waals surface area contributed by atoms with Gasteiger partial charge in [-0.05, 0) is 62.0 Å². The van der Waals surface area contributed by atoms with Gasteiger partial charge in [-0.1, -0.05) is 19.1 Å². The van der Waals surface area contributed by atoms with Gasteiger partial charge in [-0.15, -0.1) is 0 Å². The van der Waals surface area contributed by atoms with Crippen LogP contribution in [0.15, 0.2) is 28.1 Å². The third kappa shape index (κ3) is 9.86. The first kappa shape index (κ1) is 33.1. The first-order valence-corrected chi connectivity index (χ1v) is 16.0. The monoisotopic (exact) mass is 607 g/mol. The highest BCUT2D eigenvalue weighted by Crippen LogP contribution is 2.31. The van der Waals surface area contributed by atoms with Crippen molar-refractivity contribution in [1.82, 2.24) is 14.9 Å². The van der Waals surface area contributed by atoms with Crippen LogP contribution in [0.1, 0.15) is 57.4 Å². The van der Waals surface area contributed by atoms with Crippen molar-refractivity contribution < 1.29 is 27.5 Å². The molecule has 42 heavy (non-hydrogen) atoms. The third-order valence-electron chi connectivity index (χ3n) is 7.72. The molecule has 0 spiro atoms. The number of hydrogen-bond donors (Lipinski definition) is 5. The van der Waals surface area contributed by atoms with E-state index in [-0.39, 0.29) is 48.5 Å². The summed E-state index contributed by atoms with van der Waals surface area (Å²) in [7, 11) is -2.73. The van der Waals surface area contributed by atoms with Gasteiger partial charge in [0.05, 0.1) is 19.2 Å². The second-order valence-corrected chi connectivity index (χ2v) is 12.8. The van der Waals surface area contributed by atoms with Gasteiger partial charge in [-0.2, -0.15) is 4.72 Å². The Kier molecular flexibility index (Phi) is 12.4. The Bertz CT molecular complexity index is 1230. The average Bonchev–Trinajstić information content (AvgIpc) is 2.96. The molecule has 1 unspecified atom stereocenters. The number of rotatable bonds is 14. The predicted octanol–water partition coefficient (Wildman–Crippen LogP) is 0.689. The van der Waals surface area contributed by atoms with E-state index in [0.29, 0.717) is 50.1 Å². The second kappa shape index (κ2) is 15.7. The molecule has 0 radical (unpaired) electrons. The summed E-state index contributed by atoms with van der Waals surface area (Å²) in [4.78, 5) is 42.6. The number of hydrogen-bond acceptors (Lipinski definition) is 8. The lowest BCUT2D eigenvalue weighted by Crippen LogP contribution is -2.51. The van der Waals surface area contributed by atoms with E-state index >= 15 is 0 Å². The van der Waals surface area contributed by atoms with E-state index in [2.05, 4.69) is 32.0 Å². The van der Waals surface area contributed by atoms with Crippen LogP contribution in [0.25, 0.3) is 0 Å². The Labute approximate surface area is 248 Å². The van der Waals surface area contributed by atoms with Crippen LogP contribution in [-0.2, 0) is 35.6 Å². The van der Waals surface area contributed by atoms with Gasteiger partial charge in [-0.25, -0.2) is 8.42 Å². The number of methoxy groups -OCH3 is 1. The standard InChI is InChI=1S/C28H45N7O6S/c1-19-17-21-5-3-7-23(26(21)33-18-19)42(39,40)34-22(6-4-13-32-28(29)30)27(38)35-15-11-20(12-16-35)10-14-31-24(36)8-9-25(37)41-2/h3,5,7,19-20,22,33-34H,4,6,8-18H2,1-2H3,(H,31,36)(H4,29,30,32)/t19?,22-/m0/s1. The van der Waals surface area contributed by atoms with E-state index in [9.17, 15) is 22.8 Å². The van der Waals surface area contributed by atoms with Gasteiger partial charge in [0.1, 0.15) is 10.9 Å². The first-order chi connectivity index (χ1) is 20.0. The normalized spacial score (nSPS) is 17.9. The Morgan fingerprint density at radius 3 is 2.62 bits per heavy atom. The van der Waals surface area contributed by atoms with Crippen LogP contribution in [0.3, 0.4) is 0 Å². The van der Waals surface area contributed by atoms with E-state index in [0.717, 1.165) is 31.2 Å². The van der Waals surface area contributed by atoms with Gasteiger partial charge < -0.3 is 31.7 Å². The van der Waals surface area contributed by atoms with Gasteiger partial charge in [0.15, 0.2) is 5.96 Å². The van der Waals surface area contributed by atoms with Crippen molar-refractivity contribution in [2.24, 2.45) is 28.3 Å². The highest BCUT2D eigenvalue weighted by molar-refractivity contribution is 7.89. The fraction of sp³-hybridized carbons (Fsp3) is 0.643. The molecule has 1 fully saturated rings. The number of carbonyl (C=O) groups excluding carboxylic acids is 3. The molecular formula is C28H45N7O6S. The molecule has 2 atom stereocenters. The van der Waals surface area contributed by atoms with E-state index in [4.69, 9.17) is 11.5 Å². The number of nitrogens with zero attached hydrogens (tertiary/aromatic N) is 2. The second-order valence-electron chi connectivity index (χ2n) is 11.1. The molecular weight excluding hydrogens is 562 g/mol. The molecule has 0 aliphatic carbocycles. The number of esters is 1. The maximum atomic E-state index is 13.6. The maximum absolute atomic E-state index is 13.6. The van der Waals surface area contributed by atoms with Gasteiger partial charge in [0.2, 0.25) is 21.8 Å².